The molecule has 334 valence electrons. The number of ketones is 1. The molecule has 2 saturated heterocycles. The minimum absolute atomic E-state index is 0.0163. The summed E-state index contributed by atoms with van der Waals surface area (Å²) in [6.07, 6.45) is 6.00. The van der Waals surface area contributed by atoms with Crippen LogP contribution in [0.5, 0.6) is 0 Å². The number of fused-ring (bicyclic) bond motifs is 5. The normalized spacial score (nSPS) is 48.1. The van der Waals surface area contributed by atoms with Crippen LogP contribution in [0.4, 0.5) is 0 Å². The lowest BCUT2D eigenvalue weighted by atomic mass is 9.46. The second kappa shape index (κ2) is 13.1. The quantitative estimate of drug-likeness (QED) is 0.157. The average molecular weight is 849 g/mol. The van der Waals surface area contributed by atoms with E-state index in [1.807, 2.05) is 20.8 Å². The number of ether oxygens (including phenoxy) is 5. The van der Waals surface area contributed by atoms with E-state index in [1.165, 1.54) is 0 Å². The lowest BCUT2D eigenvalue weighted by molar-refractivity contribution is -0.254. The third-order valence-electron chi connectivity index (χ3n) is 18.4. The fraction of sp³-hybridized carbons (Fsp3) is 0.854. The fourth-order valence-corrected chi connectivity index (χ4v) is 16.9. The maximum absolute atomic E-state index is 15.7. The smallest absolute Gasteiger partial charge is 0.318 e. The molecule has 16 atom stereocenters. The third kappa shape index (κ3) is 6.32. The summed E-state index contributed by atoms with van der Waals surface area (Å²) in [5.41, 5.74) is -8.30. The van der Waals surface area contributed by atoms with Crippen LogP contribution in [0.2, 0.25) is 0 Å². The largest absolute Gasteiger partial charge is 0.465 e. The van der Waals surface area contributed by atoms with Crippen LogP contribution in [0.1, 0.15) is 138 Å². The van der Waals surface area contributed by atoms with Crippen molar-refractivity contribution in [2.24, 2.45) is 87.3 Å². The van der Waals surface area contributed by atoms with E-state index in [-0.39, 0.29) is 103 Å². The average Bonchev–Trinajstić information content (AvgIpc) is 3.85. The molecule has 1 N–H and O–H groups in total. The highest BCUT2D eigenvalue weighted by molar-refractivity contribution is 6.00. The molecule has 2 aliphatic heterocycles. The Kier molecular flexibility index (Phi) is 8.96. The molecule has 10 bridgehead atoms. The number of esters is 6. The molecule has 13 heteroatoms. The highest BCUT2D eigenvalue weighted by atomic mass is 16.6. The van der Waals surface area contributed by atoms with Crippen LogP contribution in [0.3, 0.4) is 0 Å². The second-order valence-electron chi connectivity index (χ2n) is 24.2. The lowest BCUT2D eigenvalue weighted by Gasteiger charge is -2.63. The van der Waals surface area contributed by atoms with Crippen molar-refractivity contribution in [1.82, 2.24) is 0 Å². The summed E-state index contributed by atoms with van der Waals surface area (Å²) in [4.78, 5) is 98.1. The van der Waals surface area contributed by atoms with Crippen molar-refractivity contribution in [3.8, 4) is 0 Å². The van der Waals surface area contributed by atoms with Gasteiger partial charge in [0.15, 0.2) is 0 Å². The summed E-state index contributed by atoms with van der Waals surface area (Å²) < 4.78 is 30.3. The molecule has 0 amide bonds. The molecule has 61 heavy (non-hydrogen) atoms. The number of carbonyl (C=O) groups excluding carboxylic acids is 7. The van der Waals surface area contributed by atoms with Crippen LogP contribution in [0, 0.1) is 87.3 Å². The number of Topliss-reactive ketones (excluding diaryl/α,β-unsaturated/α-hetero) is 1. The van der Waals surface area contributed by atoms with Gasteiger partial charge in [-0.25, -0.2) is 0 Å². The predicted molar refractivity (Wildman–Crippen MR) is 212 cm³/mol. The van der Waals surface area contributed by atoms with Crippen molar-refractivity contribution in [3.63, 3.8) is 0 Å². The van der Waals surface area contributed by atoms with E-state index >= 15 is 9.59 Å². The van der Waals surface area contributed by atoms with Gasteiger partial charge in [-0.15, -0.1) is 0 Å². The number of carbonyl (C=O) groups is 7. The maximum Gasteiger partial charge on any atom is 0.318 e. The zero-order valence-corrected chi connectivity index (χ0v) is 36.9. The van der Waals surface area contributed by atoms with E-state index in [0.717, 1.165) is 19.3 Å². The van der Waals surface area contributed by atoms with Gasteiger partial charge >= 0.3 is 35.8 Å². The third-order valence-corrected chi connectivity index (χ3v) is 18.4. The summed E-state index contributed by atoms with van der Waals surface area (Å²) in [5.74, 6) is -5.66. The van der Waals surface area contributed by atoms with E-state index in [1.54, 1.807) is 20.8 Å². The minimum atomic E-state index is -1.74. The Morgan fingerprint density at radius 1 is 0.738 bits per heavy atom. The summed E-state index contributed by atoms with van der Waals surface area (Å²) in [7, 11) is 0. The molecule has 16 unspecified atom stereocenters. The first kappa shape index (κ1) is 41.6. The Balaban J connectivity index is 1.02. The molecule has 0 aromatic heterocycles. The highest BCUT2D eigenvalue weighted by Gasteiger charge is 2.70. The van der Waals surface area contributed by atoms with Gasteiger partial charge in [0.25, 0.3) is 0 Å². The van der Waals surface area contributed by atoms with E-state index in [2.05, 4.69) is 6.92 Å². The molecule has 12 aliphatic rings. The Hall–Kier alpha value is -3.35. The van der Waals surface area contributed by atoms with Crippen molar-refractivity contribution in [2.45, 2.75) is 161 Å². The first-order chi connectivity index (χ1) is 28.4. The molecule has 2 heterocycles. The Bertz CT molecular complexity index is 1980. The van der Waals surface area contributed by atoms with E-state index < -0.39 is 80.3 Å². The van der Waals surface area contributed by atoms with Gasteiger partial charge in [-0.3, -0.25) is 33.6 Å². The van der Waals surface area contributed by atoms with Crippen LogP contribution in [0.25, 0.3) is 0 Å². The minimum Gasteiger partial charge on any atom is -0.465 e. The lowest BCUT2D eigenvalue weighted by Crippen LogP contribution is -2.67. The van der Waals surface area contributed by atoms with Gasteiger partial charge in [-0.05, 0) is 147 Å². The van der Waals surface area contributed by atoms with Gasteiger partial charge in [0.2, 0.25) is 0 Å². The number of cyclic esters (lactones) is 3. The number of hydrogen-bond donors (Lipinski definition) is 1. The Morgan fingerprint density at radius 3 is 2.05 bits per heavy atom. The van der Waals surface area contributed by atoms with Crippen molar-refractivity contribution < 1.29 is 62.4 Å². The highest BCUT2D eigenvalue weighted by Crippen LogP contribution is 2.67. The first-order valence-electron chi connectivity index (χ1n) is 23.3. The molecule has 0 aromatic carbocycles. The van der Waals surface area contributed by atoms with Gasteiger partial charge < -0.3 is 28.8 Å². The molecule has 0 spiro atoms. The zero-order valence-electron chi connectivity index (χ0n) is 36.9. The fourth-order valence-electron chi connectivity index (χ4n) is 16.9. The number of aliphatic hydroxyl groups is 1. The van der Waals surface area contributed by atoms with E-state index in [4.69, 9.17) is 23.7 Å². The van der Waals surface area contributed by atoms with Crippen LogP contribution < -0.4 is 0 Å². The second-order valence-corrected chi connectivity index (χ2v) is 24.2. The van der Waals surface area contributed by atoms with Crippen LogP contribution in [-0.4, -0.2) is 75.7 Å². The molecule has 12 fully saturated rings. The van der Waals surface area contributed by atoms with Crippen LogP contribution >= 0.6 is 0 Å². The van der Waals surface area contributed by atoms with Gasteiger partial charge in [0, 0.05) is 30.6 Å². The van der Waals surface area contributed by atoms with Gasteiger partial charge in [0.1, 0.15) is 22.6 Å². The van der Waals surface area contributed by atoms with Crippen molar-refractivity contribution >= 4 is 41.6 Å². The summed E-state index contributed by atoms with van der Waals surface area (Å²) in [6.45, 7) is 12.9. The SMILES string of the molecule is CC1C(=O)OC(=O)C1C(C)(CC(C)(CC1C(C)C2CC1C1COC(=O)C21)C(=O)OC12CC3CC(O)(C1)CC(C(=O)OC(C)(C)C)(C3)C2)C(=O)OC12CC3CC(C1)C(=O)C(C3)C2. The molecule has 0 radical (unpaired) electrons. The molecule has 12 rings (SSSR count). The molecular formula is C48H64O13. The van der Waals surface area contributed by atoms with Gasteiger partial charge in [-0.2, -0.15) is 0 Å². The predicted octanol–water partition coefficient (Wildman–Crippen LogP) is 5.84. The monoisotopic (exact) mass is 848 g/mol. The van der Waals surface area contributed by atoms with E-state index in [9.17, 15) is 29.1 Å². The van der Waals surface area contributed by atoms with Crippen molar-refractivity contribution in [1.29, 1.82) is 0 Å². The van der Waals surface area contributed by atoms with Crippen LogP contribution in [0.15, 0.2) is 0 Å². The number of hydrogen-bond acceptors (Lipinski definition) is 13. The molecule has 10 saturated carbocycles. The Morgan fingerprint density at radius 2 is 1.41 bits per heavy atom. The summed E-state index contributed by atoms with van der Waals surface area (Å²) in [5, 5.41) is 12.1. The van der Waals surface area contributed by atoms with Gasteiger partial charge in [0.05, 0.1) is 46.2 Å². The maximum atomic E-state index is 15.7. The van der Waals surface area contributed by atoms with Crippen molar-refractivity contribution in [2.75, 3.05) is 6.61 Å². The topological polar surface area (TPSA) is 186 Å². The first-order valence-corrected chi connectivity index (χ1v) is 23.3. The molecular weight excluding hydrogens is 785 g/mol. The van der Waals surface area contributed by atoms with E-state index in [0.29, 0.717) is 45.1 Å². The zero-order chi connectivity index (χ0) is 43.6. The molecule has 0 aromatic rings. The Labute approximate surface area is 357 Å². The molecule has 13 nitrogen and oxygen atoms in total. The summed E-state index contributed by atoms with van der Waals surface area (Å²) >= 11 is 0. The molecule has 10 aliphatic carbocycles. The standard InChI is InChI=1S/C48H64O13/c1-23-29-10-30(32-18-57-37(51)33(29)32)31(23)17-43(6,39(53)60-48-14-26-11-45(21-48,20-46(56,12-26)22-48)41(55)59-42(3,4)5)19-44(7,34-24(2)36(50)58-38(34)52)40(54)61-47-13-25-8-27(15-47)35(49)28(9-25)16-47/h23-34,56H,8-22H2,1-7H3. The van der Waals surface area contributed by atoms with Crippen LogP contribution in [-0.2, 0) is 57.2 Å². The van der Waals surface area contributed by atoms with Gasteiger partial charge in [-0.1, -0.05) is 13.8 Å². The van der Waals surface area contributed by atoms with Crippen molar-refractivity contribution in [3.05, 3.63) is 0 Å². The summed E-state index contributed by atoms with van der Waals surface area (Å²) in [6, 6.07) is 0. The number of rotatable bonds is 10.